The molecule has 4 heteroatoms. The summed E-state index contributed by atoms with van der Waals surface area (Å²) in [6, 6.07) is 15.8. The molecule has 2 aromatic carbocycles. The summed E-state index contributed by atoms with van der Waals surface area (Å²) >= 11 is 0. The smallest absolute Gasteiger partial charge is 0.264 e. The largest absolute Gasteiger partial charge is 0.375 e. The van der Waals surface area contributed by atoms with Crippen LogP contribution < -0.4 is 4.90 Å². The zero-order valence-corrected chi connectivity index (χ0v) is 12.5. The predicted octanol–water partition coefficient (Wildman–Crippen LogP) is 2.37. The first-order valence-electron chi connectivity index (χ1n) is 7.17. The zero-order valence-electron chi connectivity index (χ0n) is 12.5. The first-order valence-corrected chi connectivity index (χ1v) is 7.17. The molecule has 0 spiro atoms. The van der Waals surface area contributed by atoms with Crippen molar-refractivity contribution < 1.29 is 14.7 Å². The third-order valence-corrected chi connectivity index (χ3v) is 4.38. The van der Waals surface area contributed by atoms with Gasteiger partial charge >= 0.3 is 0 Å². The molecule has 2 aromatic rings. The monoisotopic (exact) mass is 295 g/mol. The Labute approximate surface area is 129 Å². The Kier molecular flexibility index (Phi) is 3.34. The van der Waals surface area contributed by atoms with E-state index in [0.717, 1.165) is 0 Å². The molecule has 112 valence electrons. The molecule has 1 aliphatic heterocycles. The van der Waals surface area contributed by atoms with Crippen molar-refractivity contribution in [3.05, 3.63) is 65.7 Å². The van der Waals surface area contributed by atoms with Crippen molar-refractivity contribution in [3.8, 4) is 0 Å². The highest BCUT2D eigenvalue weighted by Crippen LogP contribution is 2.44. The van der Waals surface area contributed by atoms with Gasteiger partial charge in [0.1, 0.15) is 0 Å². The van der Waals surface area contributed by atoms with E-state index in [9.17, 15) is 14.7 Å². The van der Waals surface area contributed by atoms with Crippen molar-refractivity contribution in [2.45, 2.75) is 12.5 Å². The molecule has 0 radical (unpaired) electrons. The summed E-state index contributed by atoms with van der Waals surface area (Å²) in [5.74, 6) is -1.58. The van der Waals surface area contributed by atoms with Crippen LogP contribution in [0.1, 0.15) is 22.8 Å². The average molecular weight is 295 g/mol. The van der Waals surface area contributed by atoms with E-state index in [-0.39, 0.29) is 5.78 Å². The van der Waals surface area contributed by atoms with Gasteiger partial charge in [-0.1, -0.05) is 55.5 Å². The van der Waals surface area contributed by atoms with Crippen LogP contribution in [0, 0.1) is 5.92 Å². The molecule has 2 atom stereocenters. The van der Waals surface area contributed by atoms with E-state index in [0.29, 0.717) is 16.8 Å². The normalized spacial score (nSPS) is 21.6. The lowest BCUT2D eigenvalue weighted by Gasteiger charge is -2.28. The molecule has 0 saturated heterocycles. The Morgan fingerprint density at radius 2 is 1.68 bits per heavy atom. The number of amides is 1. The van der Waals surface area contributed by atoms with Crippen LogP contribution in [0.2, 0.25) is 0 Å². The van der Waals surface area contributed by atoms with Crippen molar-refractivity contribution in [2.24, 2.45) is 5.92 Å². The highest BCUT2D eigenvalue weighted by atomic mass is 16.3. The van der Waals surface area contributed by atoms with Gasteiger partial charge in [0.25, 0.3) is 5.91 Å². The third-order valence-electron chi connectivity index (χ3n) is 4.38. The molecule has 3 rings (SSSR count). The number of para-hydroxylation sites is 1. The van der Waals surface area contributed by atoms with E-state index in [1.807, 2.05) is 6.07 Å². The maximum Gasteiger partial charge on any atom is 0.264 e. The van der Waals surface area contributed by atoms with Crippen molar-refractivity contribution in [1.29, 1.82) is 0 Å². The van der Waals surface area contributed by atoms with Crippen LogP contribution in [0.4, 0.5) is 5.69 Å². The zero-order chi connectivity index (χ0) is 15.9. The number of fused-ring (bicyclic) bond motifs is 1. The lowest BCUT2D eigenvalue weighted by atomic mass is 9.79. The number of hydrogen-bond acceptors (Lipinski definition) is 3. The van der Waals surface area contributed by atoms with Gasteiger partial charge in [-0.3, -0.25) is 9.59 Å². The van der Waals surface area contributed by atoms with Crippen LogP contribution in [0.15, 0.2) is 54.6 Å². The molecular formula is C18H17NO3. The highest BCUT2D eigenvalue weighted by Gasteiger charge is 2.54. The number of hydrogen-bond donors (Lipinski definition) is 1. The fourth-order valence-corrected chi connectivity index (χ4v) is 3.03. The first-order chi connectivity index (χ1) is 10.5. The molecule has 1 aliphatic rings. The maximum absolute atomic E-state index is 12.7. The van der Waals surface area contributed by atoms with Crippen LogP contribution >= 0.6 is 0 Å². The van der Waals surface area contributed by atoms with Crippen LogP contribution in [0.25, 0.3) is 0 Å². The fraction of sp³-hybridized carbons (Fsp3) is 0.222. The van der Waals surface area contributed by atoms with Crippen molar-refractivity contribution in [2.75, 3.05) is 11.9 Å². The number of Topliss-reactive ketones (excluding diaryl/α,β-unsaturated/α-hetero) is 1. The number of carbonyl (C=O) groups excluding carboxylic acids is 2. The summed E-state index contributed by atoms with van der Waals surface area (Å²) < 4.78 is 0. The minimum atomic E-state index is -1.82. The molecule has 0 aromatic heterocycles. The van der Waals surface area contributed by atoms with Gasteiger partial charge in [-0.15, -0.1) is 0 Å². The lowest BCUT2D eigenvalue weighted by molar-refractivity contribution is -0.139. The highest BCUT2D eigenvalue weighted by molar-refractivity contribution is 6.11. The van der Waals surface area contributed by atoms with E-state index in [2.05, 4.69) is 0 Å². The number of aliphatic hydroxyl groups is 1. The van der Waals surface area contributed by atoms with Crippen molar-refractivity contribution >= 4 is 17.4 Å². The van der Waals surface area contributed by atoms with Crippen LogP contribution in [0.3, 0.4) is 0 Å². The van der Waals surface area contributed by atoms with Gasteiger partial charge in [-0.25, -0.2) is 0 Å². The van der Waals surface area contributed by atoms with Crippen LogP contribution in [-0.4, -0.2) is 23.8 Å². The van der Waals surface area contributed by atoms with Gasteiger partial charge in [0.15, 0.2) is 11.4 Å². The molecule has 0 bridgehead atoms. The number of nitrogens with zero attached hydrogens (tertiary/aromatic N) is 1. The van der Waals surface area contributed by atoms with E-state index in [1.165, 1.54) is 4.90 Å². The summed E-state index contributed by atoms with van der Waals surface area (Å²) in [4.78, 5) is 26.7. The number of anilines is 1. The molecule has 1 amide bonds. The standard InChI is InChI=1S/C18H17NO3/c1-12(16(20)13-8-4-3-5-9-13)18(22)14-10-6-7-11-15(14)19(2)17(18)21/h3-12,22H,1-2H3/t12-,18+/m0/s1. The summed E-state index contributed by atoms with van der Waals surface area (Å²) in [7, 11) is 1.61. The van der Waals surface area contributed by atoms with Gasteiger partial charge in [0.05, 0.1) is 11.6 Å². The maximum atomic E-state index is 12.7. The minimum Gasteiger partial charge on any atom is -0.375 e. The summed E-state index contributed by atoms with van der Waals surface area (Å²) in [6.07, 6.45) is 0. The van der Waals surface area contributed by atoms with Crippen LogP contribution in [0.5, 0.6) is 0 Å². The Balaban J connectivity index is 2.07. The van der Waals surface area contributed by atoms with Crippen molar-refractivity contribution in [1.82, 2.24) is 0 Å². The molecule has 22 heavy (non-hydrogen) atoms. The third kappa shape index (κ3) is 1.88. The molecule has 0 unspecified atom stereocenters. The number of ketones is 1. The molecule has 0 saturated carbocycles. The molecule has 0 aliphatic carbocycles. The second-order valence-electron chi connectivity index (χ2n) is 5.60. The Hall–Kier alpha value is -2.46. The quantitative estimate of drug-likeness (QED) is 0.884. The van der Waals surface area contributed by atoms with E-state index >= 15 is 0 Å². The number of carbonyl (C=O) groups is 2. The van der Waals surface area contributed by atoms with Crippen LogP contribution in [-0.2, 0) is 10.4 Å². The number of rotatable bonds is 3. The Morgan fingerprint density at radius 3 is 2.36 bits per heavy atom. The predicted molar refractivity (Wildman–Crippen MR) is 83.7 cm³/mol. The lowest BCUT2D eigenvalue weighted by Crippen LogP contribution is -2.46. The second-order valence-corrected chi connectivity index (χ2v) is 5.60. The average Bonchev–Trinajstić information content (AvgIpc) is 2.77. The minimum absolute atomic E-state index is 0.249. The molecule has 1 heterocycles. The fourth-order valence-electron chi connectivity index (χ4n) is 3.03. The molecule has 4 nitrogen and oxygen atoms in total. The number of benzene rings is 2. The SMILES string of the molecule is C[C@@H](C(=O)c1ccccc1)[C@]1(O)C(=O)N(C)c2ccccc21. The molecule has 1 N–H and O–H groups in total. The van der Waals surface area contributed by atoms with Gasteiger partial charge < -0.3 is 10.0 Å². The molecule has 0 fully saturated rings. The van der Waals surface area contributed by atoms with Gasteiger partial charge in [-0.2, -0.15) is 0 Å². The number of likely N-dealkylation sites (N-methyl/N-ethyl adjacent to an activating group) is 1. The summed E-state index contributed by atoms with van der Waals surface area (Å²) in [6.45, 7) is 1.60. The van der Waals surface area contributed by atoms with Gasteiger partial charge in [0.2, 0.25) is 0 Å². The Morgan fingerprint density at radius 1 is 1.09 bits per heavy atom. The van der Waals surface area contributed by atoms with E-state index < -0.39 is 17.4 Å². The second kappa shape index (κ2) is 5.07. The van der Waals surface area contributed by atoms with E-state index in [4.69, 9.17) is 0 Å². The van der Waals surface area contributed by atoms with Crippen molar-refractivity contribution in [3.63, 3.8) is 0 Å². The molecular weight excluding hydrogens is 278 g/mol. The topological polar surface area (TPSA) is 57.6 Å². The van der Waals surface area contributed by atoms with Gasteiger partial charge in [-0.05, 0) is 6.07 Å². The Bertz CT molecular complexity index is 741. The van der Waals surface area contributed by atoms with Gasteiger partial charge in [0, 0.05) is 18.2 Å². The first kappa shape index (κ1) is 14.5. The summed E-state index contributed by atoms with van der Waals surface area (Å²) in [5.41, 5.74) is -0.205. The van der Waals surface area contributed by atoms with E-state index in [1.54, 1.807) is 62.5 Å². The summed E-state index contributed by atoms with van der Waals surface area (Å²) in [5, 5.41) is 11.1.